The average molecular weight is 582 g/mol. The minimum absolute atomic E-state index is 0.861. The predicted octanol–water partition coefficient (Wildman–Crippen LogP) is 8.15. The standard InChI is InChI=1S/C34H43N7S/c1-3-5-7-17-40-19-9-11-23-21-25(13-15-27(23)40)29-31-32(36-39-35-31)30(34-33(29)37-42-38-34)26-14-16-28-24(22-26)12-10-20-41(28)18-8-6-4-2/h13-16,21-22,42H,3-12,17-20H2,1-2H3,(H,37,38)(H,35,36,39). The number of anilines is 3. The highest BCUT2D eigenvalue weighted by atomic mass is 32.1. The summed E-state index contributed by atoms with van der Waals surface area (Å²) >= 11 is 0.861. The van der Waals surface area contributed by atoms with Gasteiger partial charge in [0.2, 0.25) is 0 Å². The molecule has 0 radical (unpaired) electrons. The molecule has 0 saturated heterocycles. The number of hydrogen-bond donors (Lipinski definition) is 3. The molecule has 0 aliphatic carbocycles. The van der Waals surface area contributed by atoms with E-state index < -0.39 is 0 Å². The van der Waals surface area contributed by atoms with Crippen LogP contribution in [-0.2, 0) is 24.6 Å². The molecule has 4 aromatic rings. The minimum Gasteiger partial charge on any atom is -0.371 e. The first kappa shape index (κ1) is 27.4. The largest absolute Gasteiger partial charge is 0.371 e. The van der Waals surface area contributed by atoms with Gasteiger partial charge in [0, 0.05) is 48.7 Å². The van der Waals surface area contributed by atoms with Crippen LogP contribution in [0.2, 0.25) is 0 Å². The number of nitrogens with one attached hydrogen (secondary N) is 2. The maximum absolute atomic E-state index is 4.97. The number of aromatic nitrogens is 3. The topological polar surface area (TPSA) is 72.4 Å². The summed E-state index contributed by atoms with van der Waals surface area (Å²) in [5.41, 5.74) is 14.3. The Labute approximate surface area is 253 Å². The van der Waals surface area contributed by atoms with Gasteiger partial charge in [0.1, 0.15) is 11.2 Å². The number of rotatable bonds is 10. The summed E-state index contributed by atoms with van der Waals surface area (Å²) in [5, 5.41) is 12.3. The molecule has 0 amide bonds. The van der Waals surface area contributed by atoms with Crippen LogP contribution in [0.3, 0.4) is 0 Å². The number of benzene rings is 3. The van der Waals surface area contributed by atoms with E-state index in [0.29, 0.717) is 0 Å². The molecule has 4 heterocycles. The van der Waals surface area contributed by atoms with Crippen LogP contribution in [0.5, 0.6) is 0 Å². The van der Waals surface area contributed by atoms with E-state index in [-0.39, 0.29) is 0 Å². The molecule has 8 heteroatoms. The van der Waals surface area contributed by atoms with Gasteiger partial charge in [0.15, 0.2) is 0 Å². The van der Waals surface area contributed by atoms with Crippen LogP contribution in [0.4, 0.5) is 22.7 Å². The van der Waals surface area contributed by atoms with Crippen molar-refractivity contribution in [2.24, 2.45) is 4.36 Å². The second kappa shape index (κ2) is 12.1. The number of fused-ring (bicyclic) bond motifs is 4. The molecule has 0 bridgehead atoms. The van der Waals surface area contributed by atoms with Gasteiger partial charge in [-0.2, -0.15) is 0 Å². The molecular formula is C34H43N7S. The zero-order chi connectivity index (χ0) is 28.5. The summed E-state index contributed by atoms with van der Waals surface area (Å²) in [6, 6.07) is 14.0. The lowest BCUT2D eigenvalue weighted by atomic mass is 9.90. The second-order valence-electron chi connectivity index (χ2n) is 12.1. The summed E-state index contributed by atoms with van der Waals surface area (Å²) in [7, 11) is 0. The SMILES string of the molecule is CCCCCN1CCCc2cc(-c3c4c(c(-c5ccc6c(c5)CCCN6CCCCC)c5[nH]nnc35)N[SH]=N4)ccc21. The number of hydrogen-bond acceptors (Lipinski definition) is 6. The van der Waals surface area contributed by atoms with Gasteiger partial charge >= 0.3 is 0 Å². The first-order valence-corrected chi connectivity index (χ1v) is 17.0. The van der Waals surface area contributed by atoms with Gasteiger partial charge in [-0.3, -0.25) is 5.10 Å². The van der Waals surface area contributed by atoms with Crippen LogP contribution in [0.1, 0.15) is 76.3 Å². The van der Waals surface area contributed by atoms with Gasteiger partial charge < -0.3 is 14.5 Å². The smallest absolute Gasteiger partial charge is 0.123 e. The molecule has 3 aromatic carbocycles. The van der Waals surface area contributed by atoms with E-state index in [1.807, 2.05) is 0 Å². The first-order valence-electron chi connectivity index (χ1n) is 16.1. The van der Waals surface area contributed by atoms with E-state index >= 15 is 0 Å². The number of aromatic amines is 1. The fourth-order valence-corrected chi connectivity index (χ4v) is 7.85. The fraction of sp³-hybridized carbons (Fsp3) is 0.471. The quantitative estimate of drug-likeness (QED) is 0.130. The Bertz CT molecular complexity index is 1620. The normalized spacial score (nSPS) is 15.8. The highest BCUT2D eigenvalue weighted by Gasteiger charge is 2.28. The summed E-state index contributed by atoms with van der Waals surface area (Å²) in [6.07, 6.45) is 12.3. The van der Waals surface area contributed by atoms with Gasteiger partial charge in [-0.15, -0.1) is 5.10 Å². The van der Waals surface area contributed by atoms with Crippen LogP contribution in [-0.4, -0.2) is 41.6 Å². The van der Waals surface area contributed by atoms with Crippen molar-refractivity contribution in [2.75, 3.05) is 40.7 Å². The molecule has 42 heavy (non-hydrogen) atoms. The number of H-pyrrole nitrogens is 1. The van der Waals surface area contributed by atoms with Crippen molar-refractivity contribution in [3.63, 3.8) is 0 Å². The Kier molecular flexibility index (Phi) is 7.89. The van der Waals surface area contributed by atoms with E-state index in [1.54, 1.807) is 0 Å². The monoisotopic (exact) mass is 581 g/mol. The third-order valence-corrected chi connectivity index (χ3v) is 9.92. The lowest BCUT2D eigenvalue weighted by molar-refractivity contribution is 0.638. The molecule has 2 N–H and O–H groups in total. The number of aryl methyl sites for hydroxylation is 2. The molecule has 1 aromatic heterocycles. The zero-order valence-electron chi connectivity index (χ0n) is 25.0. The third kappa shape index (κ3) is 4.97. The molecule has 0 saturated carbocycles. The zero-order valence-corrected chi connectivity index (χ0v) is 25.9. The number of thiol groups is 1. The Morgan fingerprint density at radius 2 is 1.40 bits per heavy atom. The van der Waals surface area contributed by atoms with E-state index in [2.05, 4.69) is 80.2 Å². The molecule has 0 spiro atoms. The van der Waals surface area contributed by atoms with E-state index in [9.17, 15) is 0 Å². The fourth-order valence-electron chi connectivity index (χ4n) is 7.18. The summed E-state index contributed by atoms with van der Waals surface area (Å²) in [5.74, 6) is 0. The lowest BCUT2D eigenvalue weighted by Gasteiger charge is -2.32. The highest BCUT2D eigenvalue weighted by molar-refractivity contribution is 7.70. The van der Waals surface area contributed by atoms with E-state index in [1.165, 1.54) is 85.0 Å². The average Bonchev–Trinajstić information content (AvgIpc) is 3.70. The molecular weight excluding hydrogens is 538 g/mol. The predicted molar refractivity (Wildman–Crippen MR) is 179 cm³/mol. The van der Waals surface area contributed by atoms with Crippen molar-refractivity contribution < 1.29 is 0 Å². The maximum Gasteiger partial charge on any atom is 0.123 e. The van der Waals surface area contributed by atoms with Crippen LogP contribution in [0.15, 0.2) is 40.8 Å². The Balaban J connectivity index is 1.28. The third-order valence-electron chi connectivity index (χ3n) is 9.30. The second-order valence-corrected chi connectivity index (χ2v) is 12.7. The van der Waals surface area contributed by atoms with Gasteiger partial charge in [0.25, 0.3) is 0 Å². The van der Waals surface area contributed by atoms with Crippen LogP contribution < -0.4 is 14.5 Å². The van der Waals surface area contributed by atoms with Gasteiger partial charge in [-0.25, -0.2) is 4.36 Å². The minimum atomic E-state index is 0.861. The molecule has 0 unspecified atom stereocenters. The van der Waals surface area contributed by atoms with Crippen molar-refractivity contribution >= 4 is 45.5 Å². The van der Waals surface area contributed by atoms with Crippen molar-refractivity contribution in [3.8, 4) is 22.3 Å². The summed E-state index contributed by atoms with van der Waals surface area (Å²) in [6.45, 7) is 9.16. The lowest BCUT2D eigenvalue weighted by Crippen LogP contribution is -2.30. The van der Waals surface area contributed by atoms with Crippen molar-refractivity contribution in [2.45, 2.75) is 78.1 Å². The molecule has 7 rings (SSSR count). The number of unbranched alkanes of at least 4 members (excludes halogenated alkanes) is 4. The Hall–Kier alpha value is -3.39. The van der Waals surface area contributed by atoms with E-state index in [4.69, 9.17) is 4.36 Å². The van der Waals surface area contributed by atoms with Crippen molar-refractivity contribution in [1.29, 1.82) is 0 Å². The molecule has 0 atom stereocenters. The molecule has 3 aliphatic heterocycles. The molecule has 220 valence electrons. The van der Waals surface area contributed by atoms with Gasteiger partial charge in [-0.1, -0.05) is 56.9 Å². The molecule has 3 aliphatic rings. The van der Waals surface area contributed by atoms with Crippen molar-refractivity contribution in [1.82, 2.24) is 15.4 Å². The Morgan fingerprint density at radius 1 is 0.786 bits per heavy atom. The van der Waals surface area contributed by atoms with Gasteiger partial charge in [0.05, 0.1) is 11.2 Å². The van der Waals surface area contributed by atoms with Crippen molar-refractivity contribution in [3.05, 3.63) is 47.5 Å². The first-order chi connectivity index (χ1) is 20.8. The van der Waals surface area contributed by atoms with Crippen LogP contribution in [0.25, 0.3) is 33.3 Å². The Morgan fingerprint density at radius 3 is 2.02 bits per heavy atom. The molecule has 0 fully saturated rings. The van der Waals surface area contributed by atoms with Crippen LogP contribution >= 0.6 is 0 Å². The summed E-state index contributed by atoms with van der Waals surface area (Å²) < 4.78 is 8.56. The number of nitrogens with zero attached hydrogens (tertiary/aromatic N) is 5. The van der Waals surface area contributed by atoms with E-state index in [0.717, 1.165) is 84.3 Å². The molecule has 7 nitrogen and oxygen atoms in total. The van der Waals surface area contributed by atoms with Gasteiger partial charge in [-0.05, 0) is 96.8 Å². The van der Waals surface area contributed by atoms with Crippen LogP contribution in [0, 0.1) is 0 Å². The highest BCUT2D eigenvalue weighted by Crippen LogP contribution is 2.51. The maximum atomic E-state index is 4.97. The summed E-state index contributed by atoms with van der Waals surface area (Å²) in [4.78, 5) is 5.18.